The van der Waals surface area contributed by atoms with E-state index in [1.54, 1.807) is 0 Å². The zero-order valence-corrected chi connectivity index (χ0v) is 14.6. The Balaban J connectivity index is 1.75. The molecule has 0 saturated carbocycles. The van der Waals surface area contributed by atoms with Crippen LogP contribution in [0, 0.1) is 17.1 Å². The van der Waals surface area contributed by atoms with Crippen molar-refractivity contribution in [3.05, 3.63) is 42.1 Å². The molecule has 1 fully saturated rings. The lowest BCUT2D eigenvalue weighted by atomic mass is 10.3. The van der Waals surface area contributed by atoms with E-state index in [2.05, 4.69) is 9.97 Å². The molecule has 0 radical (unpaired) electrons. The van der Waals surface area contributed by atoms with Gasteiger partial charge in [-0.25, -0.2) is 22.8 Å². The van der Waals surface area contributed by atoms with Gasteiger partial charge in [-0.3, -0.25) is 0 Å². The van der Waals surface area contributed by atoms with Gasteiger partial charge in [0.15, 0.2) is 11.6 Å². The van der Waals surface area contributed by atoms with Crippen molar-refractivity contribution in [1.82, 2.24) is 14.3 Å². The normalized spacial score (nSPS) is 17.7. The first-order valence-electron chi connectivity index (χ1n) is 7.67. The Labute approximate surface area is 149 Å². The average molecular weight is 378 g/mol. The minimum Gasteiger partial charge on any atom is -0.494 e. The molecule has 10 heteroatoms. The van der Waals surface area contributed by atoms with Crippen LogP contribution in [0.1, 0.15) is 12.1 Å². The topological polar surface area (TPSA) is 105 Å². The molecule has 1 aliphatic rings. The molecule has 1 aromatic carbocycles. The lowest BCUT2D eigenvalue weighted by molar-refractivity contribution is 0.205. The fourth-order valence-electron chi connectivity index (χ4n) is 2.61. The third kappa shape index (κ3) is 3.44. The van der Waals surface area contributed by atoms with Gasteiger partial charge in [0.1, 0.15) is 12.2 Å². The highest BCUT2D eigenvalue weighted by atomic mass is 32.2. The van der Waals surface area contributed by atoms with Crippen LogP contribution in [0.15, 0.2) is 35.5 Å². The van der Waals surface area contributed by atoms with Crippen molar-refractivity contribution in [3.8, 4) is 17.7 Å². The largest absolute Gasteiger partial charge is 0.494 e. The first-order chi connectivity index (χ1) is 12.5. The summed E-state index contributed by atoms with van der Waals surface area (Å²) in [5.41, 5.74) is 0.0334. The summed E-state index contributed by atoms with van der Waals surface area (Å²) in [6.45, 7) is 0.278. The van der Waals surface area contributed by atoms with Crippen LogP contribution in [0.25, 0.3) is 0 Å². The molecule has 0 bridgehead atoms. The lowest BCUT2D eigenvalue weighted by Gasteiger charge is -2.17. The van der Waals surface area contributed by atoms with Crippen LogP contribution in [-0.4, -0.2) is 49.0 Å². The van der Waals surface area contributed by atoms with E-state index in [4.69, 9.17) is 14.7 Å². The molecule has 1 unspecified atom stereocenters. The van der Waals surface area contributed by atoms with E-state index in [1.165, 1.54) is 35.9 Å². The van der Waals surface area contributed by atoms with E-state index < -0.39 is 21.9 Å². The van der Waals surface area contributed by atoms with Gasteiger partial charge in [0, 0.05) is 18.9 Å². The summed E-state index contributed by atoms with van der Waals surface area (Å²) in [6.07, 6.45) is 2.70. The Hall–Kier alpha value is -2.77. The number of nitrogens with zero attached hydrogens (tertiary/aromatic N) is 4. The third-order valence-electron chi connectivity index (χ3n) is 3.92. The molecule has 136 valence electrons. The summed E-state index contributed by atoms with van der Waals surface area (Å²) >= 11 is 0. The Morgan fingerprint density at radius 1 is 1.35 bits per heavy atom. The molecule has 1 aromatic heterocycles. The Bertz CT molecular complexity index is 961. The summed E-state index contributed by atoms with van der Waals surface area (Å²) in [4.78, 5) is 7.64. The Morgan fingerprint density at radius 3 is 2.81 bits per heavy atom. The second-order valence-corrected chi connectivity index (χ2v) is 7.45. The molecule has 26 heavy (non-hydrogen) atoms. The van der Waals surface area contributed by atoms with Gasteiger partial charge < -0.3 is 9.47 Å². The minimum absolute atomic E-state index is 0.0294. The molecule has 0 spiro atoms. The standard InChI is InChI=1S/C16H15FN4O4S/c1-24-15-3-2-12(8-13(15)17)26(22,23)21-7-4-11(10-21)25-16-14(9-18)19-5-6-20-16/h2-3,5-6,8,11H,4,7,10H2,1H3. The van der Waals surface area contributed by atoms with Crippen LogP contribution in [0.2, 0.25) is 0 Å². The van der Waals surface area contributed by atoms with Gasteiger partial charge >= 0.3 is 0 Å². The first-order valence-corrected chi connectivity index (χ1v) is 9.11. The van der Waals surface area contributed by atoms with Crippen molar-refractivity contribution in [1.29, 1.82) is 5.26 Å². The van der Waals surface area contributed by atoms with Crippen LogP contribution >= 0.6 is 0 Å². The predicted molar refractivity (Wildman–Crippen MR) is 87.5 cm³/mol. The molecule has 2 heterocycles. The second-order valence-electron chi connectivity index (χ2n) is 5.51. The van der Waals surface area contributed by atoms with Gasteiger partial charge in [-0.15, -0.1) is 0 Å². The van der Waals surface area contributed by atoms with Crippen LogP contribution < -0.4 is 9.47 Å². The maximum absolute atomic E-state index is 13.8. The van der Waals surface area contributed by atoms with Gasteiger partial charge in [0.05, 0.1) is 18.6 Å². The molecule has 1 atom stereocenters. The summed E-state index contributed by atoms with van der Waals surface area (Å²) < 4.78 is 50.8. The fraction of sp³-hybridized carbons (Fsp3) is 0.312. The number of rotatable bonds is 5. The number of methoxy groups -OCH3 is 1. The number of hydrogen-bond acceptors (Lipinski definition) is 7. The maximum Gasteiger partial charge on any atom is 0.251 e. The molecule has 2 aromatic rings. The lowest BCUT2D eigenvalue weighted by Crippen LogP contribution is -2.31. The van der Waals surface area contributed by atoms with Gasteiger partial charge in [-0.2, -0.15) is 9.57 Å². The molecular weight excluding hydrogens is 363 g/mol. The molecule has 0 aliphatic carbocycles. The van der Waals surface area contributed by atoms with Gasteiger partial charge in [0.25, 0.3) is 5.88 Å². The van der Waals surface area contributed by atoms with Crippen LogP contribution in [-0.2, 0) is 10.0 Å². The molecule has 3 rings (SSSR count). The quantitative estimate of drug-likeness (QED) is 0.773. The van der Waals surface area contributed by atoms with Crippen LogP contribution in [0.3, 0.4) is 0 Å². The maximum atomic E-state index is 13.8. The molecule has 1 aliphatic heterocycles. The zero-order valence-electron chi connectivity index (χ0n) is 13.8. The number of hydrogen-bond donors (Lipinski definition) is 0. The average Bonchev–Trinajstić information content (AvgIpc) is 3.11. The Kier molecular flexibility index (Phi) is 5.01. The number of benzene rings is 1. The van der Waals surface area contributed by atoms with E-state index in [9.17, 15) is 12.8 Å². The highest BCUT2D eigenvalue weighted by Crippen LogP contribution is 2.27. The minimum atomic E-state index is -3.87. The summed E-state index contributed by atoms with van der Waals surface area (Å²) in [5, 5.41) is 9.01. The predicted octanol–water partition coefficient (Wildman–Crippen LogP) is 1.34. The summed E-state index contributed by atoms with van der Waals surface area (Å²) in [6, 6.07) is 5.36. The third-order valence-corrected chi connectivity index (χ3v) is 5.78. The van der Waals surface area contributed by atoms with Gasteiger partial charge in [-0.05, 0) is 24.6 Å². The van der Waals surface area contributed by atoms with Gasteiger partial charge in [0.2, 0.25) is 15.7 Å². The van der Waals surface area contributed by atoms with E-state index >= 15 is 0 Å². The number of nitriles is 1. The molecule has 0 amide bonds. The van der Waals surface area contributed by atoms with Crippen molar-refractivity contribution in [2.24, 2.45) is 0 Å². The first kappa shape index (κ1) is 18.0. The molecular formula is C16H15FN4O4S. The van der Waals surface area contributed by atoms with Crippen molar-refractivity contribution < 1.29 is 22.3 Å². The SMILES string of the molecule is COc1ccc(S(=O)(=O)N2CCC(Oc3nccnc3C#N)C2)cc1F. The molecule has 1 saturated heterocycles. The molecule has 0 N–H and O–H groups in total. The fourth-order valence-corrected chi connectivity index (χ4v) is 4.11. The molecule has 8 nitrogen and oxygen atoms in total. The van der Waals surface area contributed by atoms with Crippen LogP contribution in [0.4, 0.5) is 4.39 Å². The number of sulfonamides is 1. The van der Waals surface area contributed by atoms with E-state index in [-0.39, 0.29) is 35.3 Å². The summed E-state index contributed by atoms with van der Waals surface area (Å²) in [7, 11) is -2.57. The summed E-state index contributed by atoms with van der Waals surface area (Å²) in [5.74, 6) is -0.716. The van der Waals surface area contributed by atoms with Gasteiger partial charge in [-0.1, -0.05) is 0 Å². The van der Waals surface area contributed by atoms with Crippen LogP contribution in [0.5, 0.6) is 11.6 Å². The number of ether oxygens (including phenoxy) is 2. The highest BCUT2D eigenvalue weighted by molar-refractivity contribution is 7.89. The smallest absolute Gasteiger partial charge is 0.251 e. The van der Waals surface area contributed by atoms with Crippen molar-refractivity contribution in [2.75, 3.05) is 20.2 Å². The van der Waals surface area contributed by atoms with Crippen molar-refractivity contribution in [2.45, 2.75) is 17.4 Å². The van der Waals surface area contributed by atoms with E-state index in [1.807, 2.05) is 6.07 Å². The number of halogens is 1. The van der Waals surface area contributed by atoms with E-state index in [0.717, 1.165) is 6.07 Å². The van der Waals surface area contributed by atoms with Crippen molar-refractivity contribution >= 4 is 10.0 Å². The zero-order chi connectivity index (χ0) is 18.7. The van der Waals surface area contributed by atoms with Crippen molar-refractivity contribution in [3.63, 3.8) is 0 Å². The number of aromatic nitrogens is 2. The highest BCUT2D eigenvalue weighted by Gasteiger charge is 2.34. The van der Waals surface area contributed by atoms with E-state index in [0.29, 0.717) is 6.42 Å². The second kappa shape index (κ2) is 7.23. The Morgan fingerprint density at radius 2 is 2.12 bits per heavy atom. The monoisotopic (exact) mass is 378 g/mol.